The van der Waals surface area contributed by atoms with Crippen LogP contribution in [0.2, 0.25) is 0 Å². The van der Waals surface area contributed by atoms with Gasteiger partial charge in [0.25, 0.3) is 0 Å². The van der Waals surface area contributed by atoms with Crippen LogP contribution in [0.5, 0.6) is 0 Å². The Kier molecular flexibility index (Phi) is 22.2. The van der Waals surface area contributed by atoms with Crippen LogP contribution >= 0.6 is 0 Å². The molecule has 2 N–H and O–H groups in total. The SMILES string of the molecule is CC(C)CCC(CCCC(CCCNC[C@@H]1CCCN1)CCCC(CCC(C)C)CCC(C)C)CCC(C)C. The van der Waals surface area contributed by atoms with E-state index < -0.39 is 0 Å². The third-order valence-corrected chi connectivity index (χ3v) is 9.58. The van der Waals surface area contributed by atoms with Gasteiger partial charge in [0, 0.05) is 12.6 Å². The molecule has 1 heterocycles. The minimum absolute atomic E-state index is 0.725. The Bertz CT molecular complexity index is 462. The molecule has 1 aliphatic rings. The van der Waals surface area contributed by atoms with E-state index in [2.05, 4.69) is 66.0 Å². The molecule has 1 rings (SSSR count). The Morgan fingerprint density at radius 3 is 1.26 bits per heavy atom. The zero-order chi connectivity index (χ0) is 28.9. The van der Waals surface area contributed by atoms with Crippen LogP contribution in [-0.2, 0) is 0 Å². The van der Waals surface area contributed by atoms with E-state index in [-0.39, 0.29) is 0 Å². The summed E-state index contributed by atoms with van der Waals surface area (Å²) in [6.45, 7) is 22.8. The van der Waals surface area contributed by atoms with Gasteiger partial charge in [-0.15, -0.1) is 0 Å². The van der Waals surface area contributed by atoms with Gasteiger partial charge in [-0.1, -0.05) is 145 Å². The molecule has 0 aromatic carbocycles. The molecule has 1 fully saturated rings. The second-order valence-corrected chi connectivity index (χ2v) is 15.5. The van der Waals surface area contributed by atoms with Crippen LogP contribution in [0.1, 0.15) is 171 Å². The van der Waals surface area contributed by atoms with Crippen molar-refractivity contribution in [1.29, 1.82) is 0 Å². The Morgan fingerprint density at radius 2 is 0.897 bits per heavy atom. The molecule has 1 atom stereocenters. The molecule has 1 saturated heterocycles. The summed E-state index contributed by atoms with van der Waals surface area (Å²) >= 11 is 0. The van der Waals surface area contributed by atoms with Crippen LogP contribution in [0, 0.1) is 41.4 Å². The van der Waals surface area contributed by atoms with Crippen molar-refractivity contribution in [2.24, 2.45) is 41.4 Å². The molecular weight excluding hydrogens is 472 g/mol. The summed E-state index contributed by atoms with van der Waals surface area (Å²) in [5.41, 5.74) is 0. The number of nitrogens with one attached hydrogen (secondary N) is 2. The smallest absolute Gasteiger partial charge is 0.0192 e. The molecule has 1 aliphatic heterocycles. The van der Waals surface area contributed by atoms with Crippen molar-refractivity contribution in [3.63, 3.8) is 0 Å². The lowest BCUT2D eigenvalue weighted by molar-refractivity contribution is 0.299. The van der Waals surface area contributed by atoms with E-state index in [0.717, 1.165) is 47.5 Å². The molecule has 2 nitrogen and oxygen atoms in total. The summed E-state index contributed by atoms with van der Waals surface area (Å²) in [7, 11) is 0. The molecule has 0 spiro atoms. The van der Waals surface area contributed by atoms with Gasteiger partial charge < -0.3 is 10.6 Å². The van der Waals surface area contributed by atoms with Gasteiger partial charge >= 0.3 is 0 Å². The van der Waals surface area contributed by atoms with Gasteiger partial charge in [-0.3, -0.25) is 0 Å². The van der Waals surface area contributed by atoms with Gasteiger partial charge in [0.05, 0.1) is 0 Å². The maximum Gasteiger partial charge on any atom is 0.0192 e. The van der Waals surface area contributed by atoms with Crippen molar-refractivity contribution >= 4 is 0 Å². The van der Waals surface area contributed by atoms with E-state index in [9.17, 15) is 0 Å². The quantitative estimate of drug-likeness (QED) is 0.105. The molecule has 0 bridgehead atoms. The number of rotatable bonds is 26. The average Bonchev–Trinajstić information content (AvgIpc) is 3.39. The van der Waals surface area contributed by atoms with Crippen molar-refractivity contribution in [1.82, 2.24) is 10.6 Å². The lowest BCUT2D eigenvalue weighted by atomic mass is 9.83. The standard InChI is InChI=1S/C37H76N2/c1-30(2)19-23-35(24-20-31(3)4)15-9-13-34(17-11-27-38-29-37-18-12-28-39-37)14-10-16-36(25-21-32(5)6)26-22-33(7)8/h30-39H,9-29H2,1-8H3/t37-/m0/s1. The van der Waals surface area contributed by atoms with Crippen molar-refractivity contribution in [2.75, 3.05) is 19.6 Å². The third kappa shape index (κ3) is 22.2. The molecule has 0 aromatic rings. The monoisotopic (exact) mass is 549 g/mol. The molecule has 0 aromatic heterocycles. The zero-order valence-electron chi connectivity index (χ0n) is 28.5. The van der Waals surface area contributed by atoms with E-state index in [1.54, 1.807) is 0 Å². The van der Waals surface area contributed by atoms with Crippen LogP contribution in [0.3, 0.4) is 0 Å². The number of hydrogen-bond donors (Lipinski definition) is 2. The van der Waals surface area contributed by atoms with Crippen LogP contribution in [0.15, 0.2) is 0 Å². The predicted octanol–water partition coefficient (Wildman–Crippen LogP) is 11.0. The molecule has 0 unspecified atom stereocenters. The van der Waals surface area contributed by atoms with Crippen molar-refractivity contribution in [3.8, 4) is 0 Å². The zero-order valence-corrected chi connectivity index (χ0v) is 28.5. The number of hydrogen-bond acceptors (Lipinski definition) is 2. The van der Waals surface area contributed by atoms with Crippen molar-refractivity contribution in [3.05, 3.63) is 0 Å². The van der Waals surface area contributed by atoms with E-state index in [1.807, 2.05) is 0 Å². The first-order valence-corrected chi connectivity index (χ1v) is 18.1. The summed E-state index contributed by atoms with van der Waals surface area (Å²) in [6, 6.07) is 0.725. The maximum atomic E-state index is 3.78. The minimum atomic E-state index is 0.725. The second-order valence-electron chi connectivity index (χ2n) is 15.5. The van der Waals surface area contributed by atoms with Crippen LogP contribution < -0.4 is 10.6 Å². The second kappa shape index (κ2) is 23.5. The molecule has 0 aliphatic carbocycles. The summed E-state index contributed by atoms with van der Waals surface area (Å²) in [5.74, 6) is 6.29. The van der Waals surface area contributed by atoms with Gasteiger partial charge in [0.1, 0.15) is 0 Å². The van der Waals surface area contributed by atoms with E-state index in [4.69, 9.17) is 0 Å². The first kappa shape index (κ1) is 36.9. The summed E-state index contributed by atoms with van der Waals surface area (Å²) in [5, 5.41) is 7.42. The molecule has 0 amide bonds. The highest BCUT2D eigenvalue weighted by molar-refractivity contribution is 4.76. The Labute approximate surface area is 248 Å². The molecule has 0 radical (unpaired) electrons. The van der Waals surface area contributed by atoms with Gasteiger partial charge in [0.15, 0.2) is 0 Å². The van der Waals surface area contributed by atoms with Crippen LogP contribution in [0.4, 0.5) is 0 Å². The fourth-order valence-corrected chi connectivity index (χ4v) is 6.69. The first-order chi connectivity index (χ1) is 18.7. The van der Waals surface area contributed by atoms with Gasteiger partial charge in [0.2, 0.25) is 0 Å². The van der Waals surface area contributed by atoms with Crippen LogP contribution in [0.25, 0.3) is 0 Å². The largest absolute Gasteiger partial charge is 0.315 e. The highest BCUT2D eigenvalue weighted by Crippen LogP contribution is 2.30. The first-order valence-electron chi connectivity index (χ1n) is 18.1. The third-order valence-electron chi connectivity index (χ3n) is 9.58. The van der Waals surface area contributed by atoms with E-state index in [1.165, 1.54) is 135 Å². The van der Waals surface area contributed by atoms with Gasteiger partial charge in [-0.05, 0) is 80.2 Å². The topological polar surface area (TPSA) is 24.1 Å². The van der Waals surface area contributed by atoms with Gasteiger partial charge in [-0.25, -0.2) is 0 Å². The van der Waals surface area contributed by atoms with Crippen molar-refractivity contribution < 1.29 is 0 Å². The summed E-state index contributed by atoms with van der Waals surface area (Å²) in [6.07, 6.45) is 25.9. The summed E-state index contributed by atoms with van der Waals surface area (Å²) in [4.78, 5) is 0. The Morgan fingerprint density at radius 1 is 0.513 bits per heavy atom. The Balaban J connectivity index is 2.55. The molecule has 2 heteroatoms. The Hall–Kier alpha value is -0.0800. The highest BCUT2D eigenvalue weighted by Gasteiger charge is 2.17. The lowest BCUT2D eigenvalue weighted by Gasteiger charge is -2.23. The normalized spacial score (nSPS) is 16.5. The minimum Gasteiger partial charge on any atom is -0.315 e. The molecule has 234 valence electrons. The van der Waals surface area contributed by atoms with E-state index >= 15 is 0 Å². The summed E-state index contributed by atoms with van der Waals surface area (Å²) < 4.78 is 0. The average molecular weight is 549 g/mol. The molecular formula is C37H76N2. The van der Waals surface area contributed by atoms with Gasteiger partial charge in [-0.2, -0.15) is 0 Å². The van der Waals surface area contributed by atoms with E-state index in [0.29, 0.717) is 0 Å². The lowest BCUT2D eigenvalue weighted by Crippen LogP contribution is -2.34. The molecule has 39 heavy (non-hydrogen) atoms. The predicted molar refractivity (Wildman–Crippen MR) is 178 cm³/mol. The fraction of sp³-hybridized carbons (Fsp3) is 1.00. The van der Waals surface area contributed by atoms with Crippen LogP contribution in [-0.4, -0.2) is 25.7 Å². The molecule has 0 saturated carbocycles. The highest BCUT2D eigenvalue weighted by atomic mass is 15.0. The maximum absolute atomic E-state index is 3.78. The van der Waals surface area contributed by atoms with Crippen molar-refractivity contribution in [2.45, 2.75) is 177 Å². The fourth-order valence-electron chi connectivity index (χ4n) is 6.69.